The highest BCUT2D eigenvalue weighted by Crippen LogP contribution is 2.33. The molecule has 134 valence electrons. The summed E-state index contributed by atoms with van der Waals surface area (Å²) in [6.45, 7) is 0.850. The van der Waals surface area contributed by atoms with E-state index in [1.54, 1.807) is 23.0 Å². The number of aliphatic hydroxyl groups excluding tert-OH is 1. The van der Waals surface area contributed by atoms with E-state index in [0.717, 1.165) is 19.4 Å². The minimum absolute atomic E-state index is 0.125. The zero-order valence-corrected chi connectivity index (χ0v) is 14.8. The maximum atomic E-state index is 12.9. The van der Waals surface area contributed by atoms with E-state index < -0.39 is 0 Å². The van der Waals surface area contributed by atoms with Crippen LogP contribution in [0.25, 0.3) is 10.9 Å². The van der Waals surface area contributed by atoms with Gasteiger partial charge in [0, 0.05) is 6.54 Å². The van der Waals surface area contributed by atoms with E-state index in [1.165, 1.54) is 0 Å². The summed E-state index contributed by atoms with van der Waals surface area (Å²) in [6.07, 6.45) is 4.91. The molecule has 1 unspecified atom stereocenters. The number of halogens is 1. The normalized spacial score (nSPS) is 17.2. The highest BCUT2D eigenvalue weighted by molar-refractivity contribution is 6.30. The maximum Gasteiger partial charge on any atom is 0.261 e. The van der Waals surface area contributed by atoms with Crippen LogP contribution in [0.4, 0.5) is 5.95 Å². The van der Waals surface area contributed by atoms with Gasteiger partial charge in [0.1, 0.15) is 5.82 Å². The largest absolute Gasteiger partial charge is 0.395 e. The number of fused-ring (bicyclic) bond motifs is 1. The SMILES string of the molecule is O=c1c2ccccc2nc(C2CCCN2c2ncc(Cl)cn2)n1CCO. The Kier molecular flexibility index (Phi) is 4.57. The molecule has 1 aromatic carbocycles. The van der Waals surface area contributed by atoms with Crippen LogP contribution in [0.1, 0.15) is 24.7 Å². The number of aliphatic hydroxyl groups is 1. The number of anilines is 1. The van der Waals surface area contributed by atoms with Gasteiger partial charge in [-0.1, -0.05) is 23.7 Å². The lowest BCUT2D eigenvalue weighted by atomic mass is 10.1. The van der Waals surface area contributed by atoms with Crippen molar-refractivity contribution in [2.24, 2.45) is 0 Å². The fourth-order valence-electron chi connectivity index (χ4n) is 3.48. The molecule has 1 aliphatic rings. The van der Waals surface area contributed by atoms with E-state index in [9.17, 15) is 9.90 Å². The first-order chi connectivity index (χ1) is 12.7. The molecule has 3 heterocycles. The molecule has 0 aliphatic carbocycles. The maximum absolute atomic E-state index is 12.9. The van der Waals surface area contributed by atoms with Gasteiger partial charge in [-0.2, -0.15) is 0 Å². The van der Waals surface area contributed by atoms with Crippen molar-refractivity contribution in [2.45, 2.75) is 25.4 Å². The molecule has 3 aromatic rings. The summed E-state index contributed by atoms with van der Waals surface area (Å²) in [5.41, 5.74) is 0.522. The fourth-order valence-corrected chi connectivity index (χ4v) is 3.58. The van der Waals surface area contributed by atoms with Gasteiger partial charge in [0.25, 0.3) is 5.56 Å². The minimum Gasteiger partial charge on any atom is -0.395 e. The minimum atomic E-state index is -0.136. The van der Waals surface area contributed by atoms with Crippen LogP contribution < -0.4 is 10.5 Å². The van der Waals surface area contributed by atoms with Crippen molar-refractivity contribution in [2.75, 3.05) is 18.1 Å². The predicted octanol–water partition coefficient (Wildman–Crippen LogP) is 2.17. The highest BCUT2D eigenvalue weighted by Gasteiger charge is 2.32. The van der Waals surface area contributed by atoms with E-state index in [2.05, 4.69) is 9.97 Å². The Hall–Kier alpha value is -2.51. The van der Waals surface area contributed by atoms with Crippen LogP contribution in [0.15, 0.2) is 41.5 Å². The molecule has 0 bridgehead atoms. The number of hydrogen-bond acceptors (Lipinski definition) is 6. The summed E-state index contributed by atoms with van der Waals surface area (Å²) in [5.74, 6) is 1.20. The second-order valence-electron chi connectivity index (χ2n) is 6.22. The molecule has 7 nitrogen and oxygen atoms in total. The summed E-state index contributed by atoms with van der Waals surface area (Å²) >= 11 is 5.90. The summed E-state index contributed by atoms with van der Waals surface area (Å²) in [7, 11) is 0. The van der Waals surface area contributed by atoms with Crippen molar-refractivity contribution in [3.63, 3.8) is 0 Å². The Bertz CT molecular complexity index is 989. The average Bonchev–Trinajstić information content (AvgIpc) is 3.14. The van der Waals surface area contributed by atoms with Gasteiger partial charge in [0.15, 0.2) is 0 Å². The van der Waals surface area contributed by atoms with Crippen molar-refractivity contribution in [3.05, 3.63) is 57.9 Å². The fraction of sp³-hybridized carbons (Fsp3) is 0.333. The zero-order chi connectivity index (χ0) is 18.1. The number of hydrogen-bond donors (Lipinski definition) is 1. The lowest BCUT2D eigenvalue weighted by Gasteiger charge is -2.26. The van der Waals surface area contributed by atoms with E-state index in [1.807, 2.05) is 23.1 Å². The van der Waals surface area contributed by atoms with E-state index in [4.69, 9.17) is 16.6 Å². The molecule has 8 heteroatoms. The molecule has 0 saturated carbocycles. The van der Waals surface area contributed by atoms with Gasteiger partial charge in [-0.3, -0.25) is 9.36 Å². The number of rotatable bonds is 4. The first-order valence-electron chi connectivity index (χ1n) is 8.53. The molecule has 26 heavy (non-hydrogen) atoms. The number of para-hydroxylation sites is 1. The van der Waals surface area contributed by atoms with Crippen molar-refractivity contribution in [1.82, 2.24) is 19.5 Å². The third-order valence-corrected chi connectivity index (χ3v) is 4.82. The van der Waals surface area contributed by atoms with Gasteiger partial charge in [0.2, 0.25) is 5.95 Å². The number of benzene rings is 1. The second kappa shape index (κ2) is 7.01. The summed E-state index contributed by atoms with van der Waals surface area (Å²) in [4.78, 5) is 28.4. The molecular formula is C18H18ClN5O2. The molecule has 0 radical (unpaired) electrons. The third kappa shape index (κ3) is 2.93. The second-order valence-corrected chi connectivity index (χ2v) is 6.66. The van der Waals surface area contributed by atoms with Gasteiger partial charge < -0.3 is 10.0 Å². The van der Waals surface area contributed by atoms with E-state index >= 15 is 0 Å². The highest BCUT2D eigenvalue weighted by atomic mass is 35.5. The summed E-state index contributed by atoms with van der Waals surface area (Å²) in [6, 6.07) is 7.15. The Morgan fingerprint density at radius 1 is 1.23 bits per heavy atom. The summed E-state index contributed by atoms with van der Waals surface area (Å²) in [5, 5.41) is 10.5. The Labute approximate surface area is 154 Å². The van der Waals surface area contributed by atoms with Crippen LogP contribution in [0.5, 0.6) is 0 Å². The lowest BCUT2D eigenvalue weighted by molar-refractivity contribution is 0.270. The first kappa shape index (κ1) is 16.9. The monoisotopic (exact) mass is 371 g/mol. The van der Waals surface area contributed by atoms with Crippen molar-refractivity contribution >= 4 is 28.5 Å². The molecule has 0 amide bonds. The van der Waals surface area contributed by atoms with Gasteiger partial charge in [0.05, 0.1) is 47.5 Å². The smallest absolute Gasteiger partial charge is 0.261 e. The third-order valence-electron chi connectivity index (χ3n) is 4.63. The number of aromatic nitrogens is 4. The van der Waals surface area contributed by atoms with Crippen molar-refractivity contribution in [1.29, 1.82) is 0 Å². The average molecular weight is 372 g/mol. The first-order valence-corrected chi connectivity index (χ1v) is 8.91. The lowest BCUT2D eigenvalue weighted by Crippen LogP contribution is -2.33. The van der Waals surface area contributed by atoms with Gasteiger partial charge in [-0.05, 0) is 25.0 Å². The molecule has 4 rings (SSSR count). The Morgan fingerprint density at radius 3 is 2.77 bits per heavy atom. The van der Waals surface area contributed by atoms with Crippen LogP contribution in [0.2, 0.25) is 5.02 Å². The Morgan fingerprint density at radius 2 is 2.00 bits per heavy atom. The molecule has 1 fully saturated rings. The van der Waals surface area contributed by atoms with Gasteiger partial charge >= 0.3 is 0 Å². The zero-order valence-electron chi connectivity index (χ0n) is 14.0. The molecule has 2 aromatic heterocycles. The van der Waals surface area contributed by atoms with Gasteiger partial charge in [-0.25, -0.2) is 15.0 Å². The Balaban J connectivity index is 1.85. The number of nitrogens with zero attached hydrogens (tertiary/aromatic N) is 5. The topological polar surface area (TPSA) is 84.1 Å². The predicted molar refractivity (Wildman–Crippen MR) is 99.5 cm³/mol. The molecule has 1 aliphatic heterocycles. The van der Waals surface area contributed by atoms with Crippen molar-refractivity contribution in [3.8, 4) is 0 Å². The molecule has 1 saturated heterocycles. The van der Waals surface area contributed by atoms with Crippen LogP contribution in [0.3, 0.4) is 0 Å². The van der Waals surface area contributed by atoms with E-state index in [-0.39, 0.29) is 24.8 Å². The molecule has 1 atom stereocenters. The molecule has 1 N–H and O–H groups in total. The molecular weight excluding hydrogens is 354 g/mol. The summed E-state index contributed by atoms with van der Waals surface area (Å²) < 4.78 is 1.57. The quantitative estimate of drug-likeness (QED) is 0.756. The van der Waals surface area contributed by atoms with E-state index in [0.29, 0.717) is 27.7 Å². The van der Waals surface area contributed by atoms with Crippen molar-refractivity contribution < 1.29 is 5.11 Å². The van der Waals surface area contributed by atoms with Crippen LogP contribution in [0, 0.1) is 0 Å². The van der Waals surface area contributed by atoms with Crippen LogP contribution in [-0.2, 0) is 6.54 Å². The van der Waals surface area contributed by atoms with Gasteiger partial charge in [-0.15, -0.1) is 0 Å². The van der Waals surface area contributed by atoms with Crippen LogP contribution >= 0.6 is 11.6 Å². The molecule has 0 spiro atoms. The standard InChI is InChI=1S/C18H18ClN5O2/c19-12-10-20-18(21-11-12)23-7-3-6-15(23)16-22-14-5-2-1-4-13(14)17(26)24(16)8-9-25/h1-2,4-5,10-11,15,25H,3,6-9H2. The van der Waals surface area contributed by atoms with Crippen LogP contribution in [-0.4, -0.2) is 37.8 Å².